The van der Waals surface area contributed by atoms with Crippen molar-refractivity contribution >= 4 is 12.0 Å². The highest BCUT2D eigenvalue weighted by atomic mass is 19.1. The van der Waals surface area contributed by atoms with Gasteiger partial charge in [-0.1, -0.05) is 30.3 Å². The lowest BCUT2D eigenvalue weighted by molar-refractivity contribution is -0.116. The Morgan fingerprint density at radius 2 is 2.05 bits per heavy atom. The summed E-state index contributed by atoms with van der Waals surface area (Å²) in [7, 11) is 1.62. The Labute approximate surface area is 129 Å². The van der Waals surface area contributed by atoms with Crippen LogP contribution in [-0.4, -0.2) is 19.6 Å². The van der Waals surface area contributed by atoms with Crippen LogP contribution in [-0.2, 0) is 11.2 Å². The van der Waals surface area contributed by atoms with Crippen molar-refractivity contribution in [3.63, 3.8) is 0 Å². The molecule has 22 heavy (non-hydrogen) atoms. The van der Waals surface area contributed by atoms with Crippen LogP contribution in [0.5, 0.6) is 5.75 Å². The number of rotatable bonds is 6. The third-order valence-electron chi connectivity index (χ3n) is 3.16. The SMILES string of the molecule is COc1ccccc1CCNC(=O)/C=C/c1cccc(F)c1. The number of hydrogen-bond acceptors (Lipinski definition) is 2. The van der Waals surface area contributed by atoms with E-state index in [1.54, 1.807) is 25.3 Å². The fourth-order valence-electron chi connectivity index (χ4n) is 2.07. The van der Waals surface area contributed by atoms with E-state index in [9.17, 15) is 9.18 Å². The molecule has 0 spiro atoms. The van der Waals surface area contributed by atoms with Gasteiger partial charge in [-0.15, -0.1) is 0 Å². The number of para-hydroxylation sites is 1. The molecule has 0 atom stereocenters. The fourth-order valence-corrected chi connectivity index (χ4v) is 2.07. The molecule has 3 nitrogen and oxygen atoms in total. The zero-order valence-corrected chi connectivity index (χ0v) is 12.4. The van der Waals surface area contributed by atoms with E-state index in [0.29, 0.717) is 18.5 Å². The van der Waals surface area contributed by atoms with Crippen LogP contribution in [0.2, 0.25) is 0 Å². The molecule has 2 aromatic carbocycles. The molecule has 0 aromatic heterocycles. The van der Waals surface area contributed by atoms with Gasteiger partial charge in [-0.05, 0) is 41.8 Å². The van der Waals surface area contributed by atoms with Crippen molar-refractivity contribution in [3.8, 4) is 5.75 Å². The lowest BCUT2D eigenvalue weighted by Crippen LogP contribution is -2.23. The first kappa shape index (κ1) is 15.8. The molecule has 1 N–H and O–H groups in total. The summed E-state index contributed by atoms with van der Waals surface area (Å²) >= 11 is 0. The van der Waals surface area contributed by atoms with Crippen LogP contribution in [0.3, 0.4) is 0 Å². The maximum absolute atomic E-state index is 13.0. The van der Waals surface area contributed by atoms with E-state index in [1.165, 1.54) is 18.2 Å². The summed E-state index contributed by atoms with van der Waals surface area (Å²) in [6.07, 6.45) is 3.67. The first-order chi connectivity index (χ1) is 10.7. The monoisotopic (exact) mass is 299 g/mol. The summed E-state index contributed by atoms with van der Waals surface area (Å²) in [5.74, 6) is 0.282. The van der Waals surface area contributed by atoms with E-state index in [2.05, 4.69) is 5.32 Å². The molecule has 0 heterocycles. The molecular formula is C18H18FNO2. The van der Waals surface area contributed by atoms with Crippen LogP contribution >= 0.6 is 0 Å². The zero-order chi connectivity index (χ0) is 15.8. The predicted octanol–water partition coefficient (Wildman–Crippen LogP) is 3.21. The molecule has 1 amide bonds. The van der Waals surface area contributed by atoms with Gasteiger partial charge in [0, 0.05) is 12.6 Å². The van der Waals surface area contributed by atoms with Gasteiger partial charge in [-0.3, -0.25) is 4.79 Å². The number of benzene rings is 2. The summed E-state index contributed by atoms with van der Waals surface area (Å²) < 4.78 is 18.3. The summed E-state index contributed by atoms with van der Waals surface area (Å²) in [5, 5.41) is 2.79. The van der Waals surface area contributed by atoms with Gasteiger partial charge in [0.25, 0.3) is 0 Å². The number of nitrogens with one attached hydrogen (secondary N) is 1. The van der Waals surface area contributed by atoms with Crippen molar-refractivity contribution in [1.82, 2.24) is 5.32 Å². The smallest absolute Gasteiger partial charge is 0.244 e. The molecule has 0 saturated carbocycles. The zero-order valence-electron chi connectivity index (χ0n) is 12.4. The minimum absolute atomic E-state index is 0.209. The third-order valence-corrected chi connectivity index (χ3v) is 3.16. The van der Waals surface area contributed by atoms with Gasteiger partial charge in [-0.25, -0.2) is 4.39 Å². The van der Waals surface area contributed by atoms with Crippen molar-refractivity contribution in [2.75, 3.05) is 13.7 Å². The van der Waals surface area contributed by atoms with Gasteiger partial charge in [0.15, 0.2) is 0 Å². The highest BCUT2D eigenvalue weighted by Crippen LogP contribution is 2.17. The number of ether oxygens (including phenoxy) is 1. The number of amides is 1. The van der Waals surface area contributed by atoms with E-state index < -0.39 is 0 Å². The average Bonchev–Trinajstić information content (AvgIpc) is 2.53. The molecule has 114 valence electrons. The molecule has 0 bridgehead atoms. The standard InChI is InChI=1S/C18H18FNO2/c1-22-17-8-3-2-6-15(17)11-12-20-18(21)10-9-14-5-4-7-16(19)13-14/h2-10,13H,11-12H2,1H3,(H,20,21)/b10-9+. The lowest BCUT2D eigenvalue weighted by atomic mass is 10.1. The van der Waals surface area contributed by atoms with E-state index in [0.717, 1.165) is 11.3 Å². The lowest BCUT2D eigenvalue weighted by Gasteiger charge is -2.08. The van der Waals surface area contributed by atoms with Crippen LogP contribution in [0, 0.1) is 5.82 Å². The number of hydrogen-bond donors (Lipinski definition) is 1. The van der Waals surface area contributed by atoms with Crippen LogP contribution < -0.4 is 10.1 Å². The molecule has 0 saturated heterocycles. The van der Waals surface area contributed by atoms with Crippen LogP contribution in [0.15, 0.2) is 54.6 Å². The van der Waals surface area contributed by atoms with Gasteiger partial charge in [0.1, 0.15) is 11.6 Å². The molecule has 0 aliphatic heterocycles. The van der Waals surface area contributed by atoms with Gasteiger partial charge in [0.2, 0.25) is 5.91 Å². The Bertz CT molecular complexity index is 668. The van der Waals surface area contributed by atoms with Crippen LogP contribution in [0.25, 0.3) is 6.08 Å². The van der Waals surface area contributed by atoms with Crippen molar-refractivity contribution in [1.29, 1.82) is 0 Å². The van der Waals surface area contributed by atoms with Crippen molar-refractivity contribution < 1.29 is 13.9 Å². The Balaban J connectivity index is 1.83. The fraction of sp³-hybridized carbons (Fsp3) is 0.167. The van der Waals surface area contributed by atoms with E-state index in [-0.39, 0.29) is 11.7 Å². The average molecular weight is 299 g/mol. The molecule has 0 aliphatic rings. The Morgan fingerprint density at radius 1 is 1.23 bits per heavy atom. The Morgan fingerprint density at radius 3 is 2.82 bits per heavy atom. The van der Waals surface area contributed by atoms with E-state index in [1.807, 2.05) is 24.3 Å². The van der Waals surface area contributed by atoms with Crippen LogP contribution in [0.1, 0.15) is 11.1 Å². The van der Waals surface area contributed by atoms with Gasteiger partial charge in [-0.2, -0.15) is 0 Å². The normalized spacial score (nSPS) is 10.6. The summed E-state index contributed by atoms with van der Waals surface area (Å²) in [5.41, 5.74) is 1.69. The van der Waals surface area contributed by atoms with Gasteiger partial charge >= 0.3 is 0 Å². The summed E-state index contributed by atoms with van der Waals surface area (Å²) in [6, 6.07) is 13.8. The Hall–Kier alpha value is -2.62. The second kappa shape index (κ2) is 7.98. The number of halogens is 1. The molecule has 2 aromatic rings. The quantitative estimate of drug-likeness (QED) is 0.832. The number of methoxy groups -OCH3 is 1. The molecule has 0 unspecified atom stereocenters. The van der Waals surface area contributed by atoms with Crippen molar-refractivity contribution in [2.24, 2.45) is 0 Å². The molecule has 0 aliphatic carbocycles. The molecule has 0 fully saturated rings. The summed E-state index contributed by atoms with van der Waals surface area (Å²) in [6.45, 7) is 0.507. The maximum Gasteiger partial charge on any atom is 0.244 e. The minimum atomic E-state index is -0.321. The number of carbonyl (C=O) groups is 1. The Kier molecular flexibility index (Phi) is 5.72. The molecular weight excluding hydrogens is 281 g/mol. The minimum Gasteiger partial charge on any atom is -0.496 e. The molecule has 2 rings (SSSR count). The second-order valence-electron chi connectivity index (χ2n) is 4.74. The van der Waals surface area contributed by atoms with Gasteiger partial charge in [0.05, 0.1) is 7.11 Å². The first-order valence-corrected chi connectivity index (χ1v) is 7.02. The maximum atomic E-state index is 13.0. The van der Waals surface area contributed by atoms with Crippen LogP contribution in [0.4, 0.5) is 4.39 Å². The van der Waals surface area contributed by atoms with Crippen molar-refractivity contribution in [2.45, 2.75) is 6.42 Å². The summed E-state index contributed by atoms with van der Waals surface area (Å²) in [4.78, 5) is 11.7. The molecule has 4 heteroatoms. The largest absolute Gasteiger partial charge is 0.496 e. The van der Waals surface area contributed by atoms with Gasteiger partial charge < -0.3 is 10.1 Å². The number of carbonyl (C=O) groups excluding carboxylic acids is 1. The molecule has 0 radical (unpaired) electrons. The van der Waals surface area contributed by atoms with Crippen molar-refractivity contribution in [3.05, 3.63) is 71.6 Å². The highest BCUT2D eigenvalue weighted by Gasteiger charge is 2.02. The highest BCUT2D eigenvalue weighted by molar-refractivity contribution is 5.91. The topological polar surface area (TPSA) is 38.3 Å². The van der Waals surface area contributed by atoms with E-state index >= 15 is 0 Å². The van der Waals surface area contributed by atoms with E-state index in [4.69, 9.17) is 4.74 Å². The predicted molar refractivity (Wildman–Crippen MR) is 85.1 cm³/mol. The second-order valence-corrected chi connectivity index (χ2v) is 4.74. The first-order valence-electron chi connectivity index (χ1n) is 7.02. The third kappa shape index (κ3) is 4.74.